The van der Waals surface area contributed by atoms with Crippen molar-refractivity contribution < 1.29 is 5.11 Å². The summed E-state index contributed by atoms with van der Waals surface area (Å²) >= 11 is 0. The van der Waals surface area contributed by atoms with Crippen LogP contribution in [-0.2, 0) is 0 Å². The Morgan fingerprint density at radius 1 is 1.56 bits per heavy atom. The lowest BCUT2D eigenvalue weighted by atomic mass is 10.2. The molecule has 16 heavy (non-hydrogen) atoms. The van der Waals surface area contributed by atoms with Crippen LogP contribution in [0, 0.1) is 0 Å². The molecule has 2 atom stereocenters. The predicted molar refractivity (Wildman–Crippen MR) is 67.4 cm³/mol. The van der Waals surface area contributed by atoms with Crippen LogP contribution in [0.4, 0.5) is 0 Å². The molecule has 0 saturated carbocycles. The molecule has 4 heteroatoms. The third-order valence-corrected chi connectivity index (χ3v) is 3.54. The summed E-state index contributed by atoms with van der Waals surface area (Å²) in [7, 11) is 2.15. The molecule has 1 saturated heterocycles. The highest BCUT2D eigenvalue weighted by atomic mass is 16.3. The van der Waals surface area contributed by atoms with Crippen LogP contribution in [0.1, 0.15) is 26.2 Å². The number of nitrogens with zero attached hydrogens (tertiary/aromatic N) is 2. The van der Waals surface area contributed by atoms with Crippen molar-refractivity contribution in [2.24, 2.45) is 5.73 Å². The fraction of sp³-hybridized carbons (Fsp3) is 1.00. The minimum atomic E-state index is -0.0618. The zero-order valence-corrected chi connectivity index (χ0v) is 10.7. The molecular formula is C12H27N3O. The number of aliphatic hydroxyl groups is 1. The lowest BCUT2D eigenvalue weighted by Crippen LogP contribution is -2.40. The first-order chi connectivity index (χ1) is 7.67. The average Bonchev–Trinajstić information content (AvgIpc) is 2.73. The number of hydrogen-bond acceptors (Lipinski definition) is 4. The van der Waals surface area contributed by atoms with Gasteiger partial charge >= 0.3 is 0 Å². The molecule has 3 N–H and O–H groups in total. The van der Waals surface area contributed by atoms with Gasteiger partial charge in [-0.1, -0.05) is 6.92 Å². The standard InChI is InChI=1S/C12H27N3O/c1-3-15-7-4-5-12(15)9-14(2)8-6-11(13)10-16/h11-12,16H,3-10,13H2,1-2H3. The van der Waals surface area contributed by atoms with Crippen molar-refractivity contribution in [3.63, 3.8) is 0 Å². The SMILES string of the molecule is CCN1CCCC1CN(C)CCC(N)CO. The zero-order chi connectivity index (χ0) is 12.0. The first kappa shape index (κ1) is 13.9. The van der Waals surface area contributed by atoms with Crippen molar-refractivity contribution in [3.05, 3.63) is 0 Å². The molecule has 0 bridgehead atoms. The maximum absolute atomic E-state index is 8.86. The third kappa shape index (κ3) is 4.37. The van der Waals surface area contributed by atoms with E-state index in [0.29, 0.717) is 0 Å². The summed E-state index contributed by atoms with van der Waals surface area (Å²) in [6.45, 7) is 6.86. The van der Waals surface area contributed by atoms with Crippen LogP contribution < -0.4 is 5.73 Å². The molecule has 1 aliphatic rings. The van der Waals surface area contributed by atoms with E-state index in [0.717, 1.165) is 32.1 Å². The summed E-state index contributed by atoms with van der Waals surface area (Å²) in [6, 6.07) is 0.661. The van der Waals surface area contributed by atoms with E-state index in [1.54, 1.807) is 0 Å². The van der Waals surface area contributed by atoms with Gasteiger partial charge in [0.1, 0.15) is 0 Å². The van der Waals surface area contributed by atoms with Crippen LogP contribution in [0.2, 0.25) is 0 Å². The highest BCUT2D eigenvalue weighted by Gasteiger charge is 2.23. The molecule has 96 valence electrons. The molecule has 0 aliphatic carbocycles. The van der Waals surface area contributed by atoms with Gasteiger partial charge in [0, 0.05) is 18.6 Å². The monoisotopic (exact) mass is 229 g/mol. The minimum absolute atomic E-state index is 0.0618. The Morgan fingerprint density at radius 2 is 2.31 bits per heavy atom. The Morgan fingerprint density at radius 3 is 2.94 bits per heavy atom. The van der Waals surface area contributed by atoms with E-state index >= 15 is 0 Å². The average molecular weight is 229 g/mol. The molecule has 0 aromatic carbocycles. The van der Waals surface area contributed by atoms with Gasteiger partial charge in [0.15, 0.2) is 0 Å². The molecule has 0 spiro atoms. The summed E-state index contributed by atoms with van der Waals surface area (Å²) in [5.41, 5.74) is 5.70. The first-order valence-corrected chi connectivity index (χ1v) is 6.46. The Bertz CT molecular complexity index is 189. The van der Waals surface area contributed by atoms with E-state index in [-0.39, 0.29) is 12.6 Å². The highest BCUT2D eigenvalue weighted by Crippen LogP contribution is 2.17. The quantitative estimate of drug-likeness (QED) is 0.651. The second-order valence-corrected chi connectivity index (χ2v) is 4.92. The summed E-state index contributed by atoms with van der Waals surface area (Å²) in [6.07, 6.45) is 3.54. The summed E-state index contributed by atoms with van der Waals surface area (Å²) in [5, 5.41) is 8.86. The van der Waals surface area contributed by atoms with E-state index < -0.39 is 0 Å². The molecule has 0 radical (unpaired) electrons. The van der Waals surface area contributed by atoms with Gasteiger partial charge in [0.05, 0.1) is 6.61 Å². The van der Waals surface area contributed by atoms with E-state index in [9.17, 15) is 0 Å². The molecule has 0 aromatic rings. The Hall–Kier alpha value is -0.160. The Labute approximate surface area is 99.4 Å². The summed E-state index contributed by atoms with van der Waals surface area (Å²) in [4.78, 5) is 4.90. The normalized spacial score (nSPS) is 24.2. The van der Waals surface area contributed by atoms with Gasteiger partial charge in [-0.2, -0.15) is 0 Å². The molecule has 1 rings (SSSR count). The highest BCUT2D eigenvalue weighted by molar-refractivity contribution is 4.80. The van der Waals surface area contributed by atoms with Gasteiger partial charge in [-0.3, -0.25) is 4.90 Å². The van der Waals surface area contributed by atoms with Gasteiger partial charge in [-0.15, -0.1) is 0 Å². The molecule has 0 amide bonds. The van der Waals surface area contributed by atoms with Crippen LogP contribution in [0.25, 0.3) is 0 Å². The summed E-state index contributed by atoms with van der Waals surface area (Å²) < 4.78 is 0. The molecular weight excluding hydrogens is 202 g/mol. The fourth-order valence-electron chi connectivity index (χ4n) is 2.45. The third-order valence-electron chi connectivity index (χ3n) is 3.54. The van der Waals surface area contributed by atoms with Crippen LogP contribution in [0.15, 0.2) is 0 Å². The summed E-state index contributed by atoms with van der Waals surface area (Å²) in [5.74, 6) is 0. The second-order valence-electron chi connectivity index (χ2n) is 4.92. The molecule has 1 fully saturated rings. The fourth-order valence-corrected chi connectivity index (χ4v) is 2.45. The lowest BCUT2D eigenvalue weighted by molar-refractivity contribution is 0.188. The molecule has 4 nitrogen and oxygen atoms in total. The Balaban J connectivity index is 2.20. The van der Waals surface area contributed by atoms with Crippen LogP contribution in [0.3, 0.4) is 0 Å². The van der Waals surface area contributed by atoms with Crippen LogP contribution in [-0.4, -0.2) is 66.8 Å². The minimum Gasteiger partial charge on any atom is -0.395 e. The Kier molecular flexibility index (Phi) is 6.28. The van der Waals surface area contributed by atoms with E-state index in [1.165, 1.54) is 19.4 Å². The van der Waals surface area contributed by atoms with Gasteiger partial charge < -0.3 is 15.7 Å². The van der Waals surface area contributed by atoms with Gasteiger partial charge in [-0.25, -0.2) is 0 Å². The van der Waals surface area contributed by atoms with Crippen molar-refractivity contribution in [1.29, 1.82) is 0 Å². The van der Waals surface area contributed by atoms with Crippen molar-refractivity contribution in [2.75, 3.05) is 39.8 Å². The van der Waals surface area contributed by atoms with Crippen molar-refractivity contribution in [3.8, 4) is 0 Å². The maximum Gasteiger partial charge on any atom is 0.0583 e. The van der Waals surface area contributed by atoms with Gasteiger partial charge in [0.2, 0.25) is 0 Å². The van der Waals surface area contributed by atoms with E-state index in [4.69, 9.17) is 10.8 Å². The number of rotatable bonds is 7. The van der Waals surface area contributed by atoms with Gasteiger partial charge in [-0.05, 0) is 45.9 Å². The number of aliphatic hydroxyl groups excluding tert-OH is 1. The molecule has 0 aromatic heterocycles. The zero-order valence-electron chi connectivity index (χ0n) is 10.7. The van der Waals surface area contributed by atoms with Crippen molar-refractivity contribution >= 4 is 0 Å². The number of nitrogens with two attached hydrogens (primary N) is 1. The maximum atomic E-state index is 8.86. The molecule has 1 heterocycles. The molecule has 2 unspecified atom stereocenters. The first-order valence-electron chi connectivity index (χ1n) is 6.46. The van der Waals surface area contributed by atoms with Gasteiger partial charge in [0.25, 0.3) is 0 Å². The number of likely N-dealkylation sites (tertiary alicyclic amines) is 1. The predicted octanol–water partition coefficient (Wildman–Crippen LogP) is 0.112. The van der Waals surface area contributed by atoms with E-state index in [2.05, 4.69) is 23.8 Å². The second kappa shape index (κ2) is 7.22. The van der Waals surface area contributed by atoms with E-state index in [1.807, 2.05) is 0 Å². The largest absolute Gasteiger partial charge is 0.395 e. The van der Waals surface area contributed by atoms with Crippen molar-refractivity contribution in [2.45, 2.75) is 38.3 Å². The van der Waals surface area contributed by atoms with Crippen LogP contribution in [0.5, 0.6) is 0 Å². The number of hydrogen-bond donors (Lipinski definition) is 2. The topological polar surface area (TPSA) is 52.7 Å². The van der Waals surface area contributed by atoms with Crippen molar-refractivity contribution in [1.82, 2.24) is 9.80 Å². The smallest absolute Gasteiger partial charge is 0.0583 e. The number of likely N-dealkylation sites (N-methyl/N-ethyl adjacent to an activating group) is 2. The van der Waals surface area contributed by atoms with Crippen LogP contribution >= 0.6 is 0 Å². The molecule has 1 aliphatic heterocycles. The lowest BCUT2D eigenvalue weighted by Gasteiger charge is -2.28.